The minimum absolute atomic E-state index is 0.0232. The number of carbonyl (C=O) groups excluding carboxylic acids is 2. The molecule has 4 heteroatoms. The van der Waals surface area contributed by atoms with Gasteiger partial charge in [-0.2, -0.15) is 0 Å². The van der Waals surface area contributed by atoms with E-state index in [9.17, 15) is 9.59 Å². The Hall–Kier alpha value is -1.32. The molecular formula is C14H24O4. The molecule has 0 rings (SSSR count). The lowest BCUT2D eigenvalue weighted by Crippen LogP contribution is -2.28. The highest BCUT2D eigenvalue weighted by atomic mass is 16.5. The van der Waals surface area contributed by atoms with Crippen molar-refractivity contribution in [3.05, 3.63) is 12.2 Å². The molecule has 0 N–H and O–H groups in total. The Bertz CT molecular complexity index is 318. The van der Waals surface area contributed by atoms with Crippen LogP contribution in [-0.4, -0.2) is 25.2 Å². The molecule has 0 bridgehead atoms. The molecule has 0 aliphatic heterocycles. The predicted molar refractivity (Wildman–Crippen MR) is 70.0 cm³/mol. The van der Waals surface area contributed by atoms with Crippen molar-refractivity contribution in [1.29, 1.82) is 0 Å². The molecule has 0 spiro atoms. The quantitative estimate of drug-likeness (QED) is 0.519. The zero-order valence-electron chi connectivity index (χ0n) is 12.0. The Morgan fingerprint density at radius 3 is 2.17 bits per heavy atom. The van der Waals surface area contributed by atoms with Crippen LogP contribution in [0.1, 0.15) is 41.0 Å². The predicted octanol–water partition coefficient (Wildman–Crippen LogP) is 2.72. The minimum Gasteiger partial charge on any atom is -0.465 e. The van der Waals surface area contributed by atoms with Crippen LogP contribution in [0.2, 0.25) is 0 Å². The van der Waals surface area contributed by atoms with E-state index in [2.05, 4.69) is 6.58 Å². The molecule has 0 heterocycles. The Morgan fingerprint density at radius 2 is 1.72 bits per heavy atom. The first-order chi connectivity index (χ1) is 8.20. The molecular weight excluding hydrogens is 232 g/mol. The average Bonchev–Trinajstić information content (AvgIpc) is 2.32. The molecule has 0 radical (unpaired) electrons. The van der Waals surface area contributed by atoms with Gasteiger partial charge in [-0.1, -0.05) is 20.4 Å². The number of rotatable bonds is 7. The van der Waals surface area contributed by atoms with Gasteiger partial charge in [-0.25, -0.2) is 4.79 Å². The van der Waals surface area contributed by atoms with Gasteiger partial charge in [-0.05, 0) is 27.2 Å². The van der Waals surface area contributed by atoms with E-state index in [1.165, 1.54) is 0 Å². The number of hydrogen-bond donors (Lipinski definition) is 0. The standard InChI is InChI=1S/C14H24O4/c1-7-14(5,6)13(16)18-9-11(4)8-17-12(15)10(2)3/h11H,2,7-9H2,1,3-6H3. The third kappa shape index (κ3) is 5.84. The number of esters is 2. The highest BCUT2D eigenvalue weighted by Crippen LogP contribution is 2.21. The summed E-state index contributed by atoms with van der Waals surface area (Å²) in [7, 11) is 0. The summed E-state index contributed by atoms with van der Waals surface area (Å²) in [5.74, 6) is -0.657. The molecule has 1 unspecified atom stereocenters. The van der Waals surface area contributed by atoms with E-state index >= 15 is 0 Å². The van der Waals surface area contributed by atoms with E-state index in [0.29, 0.717) is 5.57 Å². The summed E-state index contributed by atoms with van der Waals surface area (Å²) in [5, 5.41) is 0. The Kier molecular flexibility index (Phi) is 6.66. The van der Waals surface area contributed by atoms with Gasteiger partial charge in [-0.15, -0.1) is 0 Å². The second-order valence-corrected chi connectivity index (χ2v) is 5.32. The van der Waals surface area contributed by atoms with Crippen LogP contribution in [0.25, 0.3) is 0 Å². The van der Waals surface area contributed by atoms with Crippen molar-refractivity contribution < 1.29 is 19.1 Å². The Labute approximate surface area is 109 Å². The summed E-state index contributed by atoms with van der Waals surface area (Å²) in [6, 6.07) is 0. The second-order valence-electron chi connectivity index (χ2n) is 5.32. The van der Waals surface area contributed by atoms with Gasteiger partial charge in [-0.3, -0.25) is 4.79 Å². The van der Waals surface area contributed by atoms with Gasteiger partial charge in [0, 0.05) is 11.5 Å². The maximum atomic E-state index is 11.7. The van der Waals surface area contributed by atoms with Gasteiger partial charge in [0.1, 0.15) is 0 Å². The molecule has 104 valence electrons. The zero-order chi connectivity index (χ0) is 14.3. The van der Waals surface area contributed by atoms with Crippen molar-refractivity contribution >= 4 is 11.9 Å². The molecule has 1 atom stereocenters. The van der Waals surface area contributed by atoms with Crippen LogP contribution >= 0.6 is 0 Å². The van der Waals surface area contributed by atoms with E-state index in [-0.39, 0.29) is 25.1 Å². The van der Waals surface area contributed by atoms with Crippen molar-refractivity contribution in [1.82, 2.24) is 0 Å². The summed E-state index contributed by atoms with van der Waals surface area (Å²) >= 11 is 0. The van der Waals surface area contributed by atoms with E-state index in [4.69, 9.17) is 9.47 Å². The minimum atomic E-state index is -0.464. The monoisotopic (exact) mass is 256 g/mol. The number of ether oxygens (including phenoxy) is 2. The molecule has 0 aromatic carbocycles. The van der Waals surface area contributed by atoms with Crippen molar-refractivity contribution in [2.24, 2.45) is 11.3 Å². The fourth-order valence-corrected chi connectivity index (χ4v) is 0.947. The zero-order valence-corrected chi connectivity index (χ0v) is 12.0. The third-order valence-electron chi connectivity index (χ3n) is 2.78. The molecule has 0 saturated heterocycles. The van der Waals surface area contributed by atoms with E-state index in [1.807, 2.05) is 27.7 Å². The van der Waals surface area contributed by atoms with Gasteiger partial charge >= 0.3 is 11.9 Å². The topological polar surface area (TPSA) is 52.6 Å². The van der Waals surface area contributed by atoms with Crippen LogP contribution in [0.4, 0.5) is 0 Å². The average molecular weight is 256 g/mol. The van der Waals surface area contributed by atoms with Gasteiger partial charge in [0.2, 0.25) is 0 Å². The highest BCUT2D eigenvalue weighted by Gasteiger charge is 2.27. The first-order valence-corrected chi connectivity index (χ1v) is 6.20. The van der Waals surface area contributed by atoms with Gasteiger partial charge in [0.05, 0.1) is 18.6 Å². The normalized spacial score (nSPS) is 12.7. The van der Waals surface area contributed by atoms with Gasteiger partial charge in [0.25, 0.3) is 0 Å². The number of carbonyl (C=O) groups is 2. The number of hydrogen-bond acceptors (Lipinski definition) is 4. The van der Waals surface area contributed by atoms with E-state index < -0.39 is 11.4 Å². The van der Waals surface area contributed by atoms with Crippen LogP contribution in [0.3, 0.4) is 0 Å². The van der Waals surface area contributed by atoms with Crippen LogP contribution in [0.5, 0.6) is 0 Å². The third-order valence-corrected chi connectivity index (χ3v) is 2.78. The SMILES string of the molecule is C=C(C)C(=O)OCC(C)COC(=O)C(C)(C)CC. The molecule has 0 amide bonds. The van der Waals surface area contributed by atoms with Crippen molar-refractivity contribution in [3.8, 4) is 0 Å². The lowest BCUT2D eigenvalue weighted by Gasteiger charge is -2.21. The summed E-state index contributed by atoms with van der Waals surface area (Å²) < 4.78 is 10.2. The first-order valence-electron chi connectivity index (χ1n) is 6.20. The Morgan fingerprint density at radius 1 is 1.22 bits per heavy atom. The van der Waals surface area contributed by atoms with Gasteiger partial charge < -0.3 is 9.47 Å². The van der Waals surface area contributed by atoms with Crippen molar-refractivity contribution in [3.63, 3.8) is 0 Å². The molecule has 18 heavy (non-hydrogen) atoms. The molecule has 0 aliphatic carbocycles. The molecule has 0 aromatic rings. The Balaban J connectivity index is 3.98. The summed E-state index contributed by atoms with van der Waals surface area (Å²) in [5.41, 5.74) is -0.0972. The largest absolute Gasteiger partial charge is 0.465 e. The van der Waals surface area contributed by atoms with Gasteiger partial charge in [0.15, 0.2) is 0 Å². The molecule has 0 aliphatic rings. The van der Waals surface area contributed by atoms with Crippen LogP contribution in [-0.2, 0) is 19.1 Å². The van der Waals surface area contributed by atoms with Crippen LogP contribution in [0.15, 0.2) is 12.2 Å². The maximum absolute atomic E-state index is 11.7. The van der Waals surface area contributed by atoms with Crippen molar-refractivity contribution in [2.45, 2.75) is 41.0 Å². The lowest BCUT2D eigenvalue weighted by atomic mass is 9.91. The maximum Gasteiger partial charge on any atom is 0.333 e. The summed E-state index contributed by atoms with van der Waals surface area (Å²) in [6.07, 6.45) is 0.727. The molecule has 4 nitrogen and oxygen atoms in total. The first kappa shape index (κ1) is 16.7. The highest BCUT2D eigenvalue weighted by molar-refractivity contribution is 5.86. The van der Waals surface area contributed by atoms with Crippen LogP contribution in [0, 0.1) is 11.3 Å². The van der Waals surface area contributed by atoms with Crippen LogP contribution < -0.4 is 0 Å². The second kappa shape index (κ2) is 7.19. The molecule has 0 fully saturated rings. The van der Waals surface area contributed by atoms with E-state index in [1.54, 1.807) is 6.92 Å². The summed E-state index contributed by atoms with van der Waals surface area (Å²) in [4.78, 5) is 22.9. The molecule has 0 saturated carbocycles. The van der Waals surface area contributed by atoms with E-state index in [0.717, 1.165) is 6.42 Å². The smallest absolute Gasteiger partial charge is 0.333 e. The summed E-state index contributed by atoms with van der Waals surface area (Å²) in [6.45, 7) is 13.1. The fourth-order valence-electron chi connectivity index (χ4n) is 0.947. The molecule has 0 aromatic heterocycles. The van der Waals surface area contributed by atoms with Crippen molar-refractivity contribution in [2.75, 3.05) is 13.2 Å². The fraction of sp³-hybridized carbons (Fsp3) is 0.714. The lowest BCUT2D eigenvalue weighted by molar-refractivity contribution is -0.156.